The van der Waals surface area contributed by atoms with Crippen LogP contribution in [0.15, 0.2) is 20.0 Å². The maximum atomic E-state index is 11.9. The van der Waals surface area contributed by atoms with Gasteiger partial charge >= 0.3 is 0 Å². The predicted molar refractivity (Wildman–Crippen MR) is 71.2 cm³/mol. The van der Waals surface area contributed by atoms with Gasteiger partial charge in [0.05, 0.1) is 0 Å². The monoisotopic (exact) mass is 357 g/mol. The van der Waals surface area contributed by atoms with Crippen LogP contribution < -0.4 is 0 Å². The molecular weight excluding hydrogens is 346 g/mol. The number of hydrogen-bond donors (Lipinski definition) is 0. The molecular formula is C10H13BrClNO4S. The van der Waals surface area contributed by atoms with E-state index in [1.807, 2.05) is 13.8 Å². The fourth-order valence-corrected chi connectivity index (χ4v) is 3.48. The van der Waals surface area contributed by atoms with Crippen LogP contribution >= 0.6 is 26.6 Å². The second-order valence-electron chi connectivity index (χ2n) is 4.27. The van der Waals surface area contributed by atoms with Crippen LogP contribution in [0.4, 0.5) is 0 Å². The molecule has 0 fully saturated rings. The third kappa shape index (κ3) is 3.73. The summed E-state index contributed by atoms with van der Waals surface area (Å²) in [6.45, 7) is 4.48. The smallest absolute Gasteiger partial charge is 0.289 e. The highest BCUT2D eigenvalue weighted by Crippen LogP contribution is 2.29. The molecule has 18 heavy (non-hydrogen) atoms. The summed E-state index contributed by atoms with van der Waals surface area (Å²) in [6.07, 6.45) is 0. The van der Waals surface area contributed by atoms with Gasteiger partial charge in [-0.05, 0) is 21.8 Å². The molecule has 0 spiro atoms. The Morgan fingerprint density at radius 2 is 2.11 bits per heavy atom. The average Bonchev–Trinajstić information content (AvgIpc) is 2.57. The first-order chi connectivity index (χ1) is 8.12. The number of halogens is 2. The minimum absolute atomic E-state index is 0.0655. The van der Waals surface area contributed by atoms with Gasteiger partial charge in [-0.3, -0.25) is 4.79 Å². The van der Waals surface area contributed by atoms with Crippen LogP contribution in [0.2, 0.25) is 0 Å². The topological polar surface area (TPSA) is 67.6 Å². The average molecular weight is 359 g/mol. The van der Waals surface area contributed by atoms with Gasteiger partial charge in [-0.25, -0.2) is 8.42 Å². The Labute approximate surface area is 119 Å². The first-order valence-corrected chi connectivity index (χ1v) is 8.22. The summed E-state index contributed by atoms with van der Waals surface area (Å²) < 4.78 is 27.4. The van der Waals surface area contributed by atoms with E-state index in [2.05, 4.69) is 15.9 Å². The Morgan fingerprint density at radius 1 is 1.56 bits per heavy atom. The molecule has 0 bridgehead atoms. The summed E-state index contributed by atoms with van der Waals surface area (Å²) in [4.78, 5) is 13.2. The molecule has 1 heterocycles. The Balaban J connectivity index is 3.02. The van der Waals surface area contributed by atoms with Gasteiger partial charge in [-0.15, -0.1) is 0 Å². The van der Waals surface area contributed by atoms with Crippen molar-refractivity contribution >= 4 is 41.6 Å². The highest BCUT2D eigenvalue weighted by molar-refractivity contribution is 9.10. The van der Waals surface area contributed by atoms with E-state index in [-0.39, 0.29) is 15.3 Å². The van der Waals surface area contributed by atoms with Gasteiger partial charge in [0, 0.05) is 30.3 Å². The Bertz CT molecular complexity index is 552. The van der Waals surface area contributed by atoms with E-state index in [9.17, 15) is 13.2 Å². The highest BCUT2D eigenvalue weighted by Gasteiger charge is 2.25. The van der Waals surface area contributed by atoms with Crippen molar-refractivity contribution in [2.45, 2.75) is 18.7 Å². The zero-order valence-corrected chi connectivity index (χ0v) is 13.3. The number of rotatable bonds is 4. The largest absolute Gasteiger partial charge is 0.443 e. The lowest BCUT2D eigenvalue weighted by Gasteiger charge is -2.17. The third-order valence-electron chi connectivity index (χ3n) is 2.11. The first-order valence-electron chi connectivity index (χ1n) is 5.12. The molecule has 1 rings (SSSR count). The van der Waals surface area contributed by atoms with Crippen LogP contribution in [0.1, 0.15) is 24.4 Å². The number of nitrogens with zero attached hydrogens (tertiary/aromatic N) is 1. The van der Waals surface area contributed by atoms with Gasteiger partial charge in [0.25, 0.3) is 15.0 Å². The zero-order valence-electron chi connectivity index (χ0n) is 10.1. The molecule has 0 saturated carbocycles. The van der Waals surface area contributed by atoms with Crippen molar-refractivity contribution in [3.63, 3.8) is 0 Å². The normalized spacial score (nSPS) is 11.9. The summed E-state index contributed by atoms with van der Waals surface area (Å²) in [5, 5.41) is 0. The van der Waals surface area contributed by atoms with Crippen molar-refractivity contribution in [1.29, 1.82) is 0 Å². The molecule has 1 amide bonds. The van der Waals surface area contributed by atoms with E-state index in [1.165, 1.54) is 4.90 Å². The van der Waals surface area contributed by atoms with Crippen LogP contribution in [0.3, 0.4) is 0 Å². The molecule has 1 aromatic heterocycles. The van der Waals surface area contributed by atoms with E-state index in [4.69, 9.17) is 15.1 Å². The van der Waals surface area contributed by atoms with Gasteiger partial charge < -0.3 is 9.32 Å². The molecule has 0 aliphatic heterocycles. The molecule has 0 aromatic carbocycles. The van der Waals surface area contributed by atoms with Crippen LogP contribution in [0.5, 0.6) is 0 Å². The minimum atomic E-state index is -3.93. The van der Waals surface area contributed by atoms with Crippen LogP contribution in [-0.2, 0) is 9.05 Å². The molecule has 0 saturated heterocycles. The molecule has 8 heteroatoms. The van der Waals surface area contributed by atoms with Crippen molar-refractivity contribution < 1.29 is 17.6 Å². The molecule has 5 nitrogen and oxygen atoms in total. The maximum Gasteiger partial charge on any atom is 0.289 e. The Kier molecular flexibility index (Phi) is 4.85. The molecule has 0 aliphatic carbocycles. The SMILES string of the molecule is CC(C)CN(C)C(=O)c1cc(S(=O)(=O)Cl)c(Br)o1. The van der Waals surface area contributed by atoms with E-state index < -0.39 is 15.0 Å². The van der Waals surface area contributed by atoms with Gasteiger partial charge in [-0.1, -0.05) is 13.8 Å². The van der Waals surface area contributed by atoms with Crippen molar-refractivity contribution in [2.24, 2.45) is 5.92 Å². The molecule has 0 atom stereocenters. The number of hydrogen-bond acceptors (Lipinski definition) is 4. The Morgan fingerprint density at radius 3 is 2.50 bits per heavy atom. The molecule has 102 valence electrons. The van der Waals surface area contributed by atoms with Crippen LogP contribution in [0, 0.1) is 5.92 Å². The van der Waals surface area contributed by atoms with Crippen molar-refractivity contribution in [2.75, 3.05) is 13.6 Å². The minimum Gasteiger partial charge on any atom is -0.443 e. The summed E-state index contributed by atoms with van der Waals surface area (Å²) in [6, 6.07) is 1.12. The van der Waals surface area contributed by atoms with E-state index in [0.29, 0.717) is 12.5 Å². The molecule has 1 aromatic rings. The summed E-state index contributed by atoms with van der Waals surface area (Å²) in [7, 11) is 2.89. The maximum absolute atomic E-state index is 11.9. The fraction of sp³-hybridized carbons (Fsp3) is 0.500. The lowest BCUT2D eigenvalue weighted by molar-refractivity contribution is 0.0746. The summed E-state index contributed by atoms with van der Waals surface area (Å²) >= 11 is 2.92. The quantitative estimate of drug-likeness (QED) is 0.776. The molecule has 0 unspecified atom stereocenters. The van der Waals surface area contributed by atoms with E-state index in [1.54, 1.807) is 7.05 Å². The van der Waals surface area contributed by atoms with E-state index >= 15 is 0 Å². The van der Waals surface area contributed by atoms with Crippen LogP contribution in [-0.4, -0.2) is 32.8 Å². The number of amides is 1. The number of furan rings is 1. The summed E-state index contributed by atoms with van der Waals surface area (Å²) in [5.74, 6) is -0.159. The van der Waals surface area contributed by atoms with Crippen molar-refractivity contribution in [3.05, 3.63) is 16.5 Å². The van der Waals surface area contributed by atoms with Gasteiger partial charge in [0.1, 0.15) is 4.90 Å². The third-order valence-corrected chi connectivity index (χ3v) is 4.29. The zero-order chi connectivity index (χ0) is 14.1. The van der Waals surface area contributed by atoms with Gasteiger partial charge in [-0.2, -0.15) is 0 Å². The Hall–Kier alpha value is -0.530. The second kappa shape index (κ2) is 5.63. The van der Waals surface area contributed by atoms with Gasteiger partial charge in [0.2, 0.25) is 0 Å². The molecule has 0 radical (unpaired) electrons. The molecule has 0 N–H and O–H groups in total. The van der Waals surface area contributed by atoms with Gasteiger partial charge in [0.15, 0.2) is 10.4 Å². The number of carbonyl (C=O) groups is 1. The highest BCUT2D eigenvalue weighted by atomic mass is 79.9. The van der Waals surface area contributed by atoms with Crippen LogP contribution in [0.25, 0.3) is 0 Å². The molecule has 0 aliphatic rings. The first kappa shape index (κ1) is 15.5. The lowest BCUT2D eigenvalue weighted by Crippen LogP contribution is -2.29. The van der Waals surface area contributed by atoms with Crippen molar-refractivity contribution in [3.8, 4) is 0 Å². The number of carbonyl (C=O) groups excluding carboxylic acids is 1. The van der Waals surface area contributed by atoms with E-state index in [0.717, 1.165) is 6.07 Å². The predicted octanol–water partition coefficient (Wildman–Crippen LogP) is 2.70. The lowest BCUT2D eigenvalue weighted by atomic mass is 10.2. The summed E-state index contributed by atoms with van der Waals surface area (Å²) in [5.41, 5.74) is 0. The second-order valence-corrected chi connectivity index (χ2v) is 7.52. The fourth-order valence-electron chi connectivity index (χ4n) is 1.44. The van der Waals surface area contributed by atoms with Crippen molar-refractivity contribution in [1.82, 2.24) is 4.90 Å². The standard InChI is InChI=1S/C10H13BrClNO4S/c1-6(2)5-13(3)10(14)7-4-8(9(11)17-7)18(12,15)16/h4,6H,5H2,1-3H3.